The van der Waals surface area contributed by atoms with Gasteiger partial charge in [-0.2, -0.15) is 5.26 Å². The molecule has 1 atom stereocenters. The van der Waals surface area contributed by atoms with Crippen molar-refractivity contribution in [3.05, 3.63) is 35.4 Å². The van der Waals surface area contributed by atoms with E-state index in [1.807, 2.05) is 13.8 Å². The maximum absolute atomic E-state index is 9.77. The Morgan fingerprint density at radius 2 is 1.95 bits per heavy atom. The molecule has 1 heterocycles. The normalized spacial score (nSPS) is 20.2. The molecule has 21 heavy (non-hydrogen) atoms. The van der Waals surface area contributed by atoms with Crippen molar-refractivity contribution < 1.29 is 5.11 Å². The molecule has 0 aliphatic carbocycles. The van der Waals surface area contributed by atoms with Crippen LogP contribution < -0.4 is 0 Å². The Morgan fingerprint density at radius 1 is 1.29 bits per heavy atom. The summed E-state index contributed by atoms with van der Waals surface area (Å²) in [5.41, 5.74) is 1.98. The first kappa shape index (κ1) is 16.0. The van der Waals surface area contributed by atoms with E-state index in [2.05, 4.69) is 35.2 Å². The number of rotatable bonds is 5. The minimum Gasteiger partial charge on any atom is -0.390 e. The highest BCUT2D eigenvalue weighted by atomic mass is 16.3. The van der Waals surface area contributed by atoms with Gasteiger partial charge in [0.25, 0.3) is 0 Å². The number of hydrogen-bond acceptors (Lipinski definition) is 3. The lowest BCUT2D eigenvalue weighted by Crippen LogP contribution is -2.34. The second-order valence-electron chi connectivity index (χ2n) is 6.83. The van der Waals surface area contributed by atoms with Crippen molar-refractivity contribution >= 4 is 0 Å². The number of aryl methyl sites for hydroxylation is 1. The summed E-state index contributed by atoms with van der Waals surface area (Å²) < 4.78 is 0. The van der Waals surface area contributed by atoms with E-state index < -0.39 is 5.60 Å². The molecule has 0 unspecified atom stereocenters. The van der Waals surface area contributed by atoms with Gasteiger partial charge in [-0.15, -0.1) is 0 Å². The Morgan fingerprint density at radius 3 is 2.57 bits per heavy atom. The minimum absolute atomic E-state index is 0.199. The summed E-state index contributed by atoms with van der Waals surface area (Å²) in [5.74, 6) is 0.199. The molecule has 1 N–H and O–H groups in total. The van der Waals surface area contributed by atoms with Crippen molar-refractivity contribution in [1.82, 2.24) is 4.90 Å². The van der Waals surface area contributed by atoms with E-state index >= 15 is 0 Å². The average molecular weight is 286 g/mol. The predicted molar refractivity (Wildman–Crippen MR) is 84.7 cm³/mol. The molecule has 0 saturated carbocycles. The zero-order valence-corrected chi connectivity index (χ0v) is 13.2. The summed E-state index contributed by atoms with van der Waals surface area (Å²) in [4.78, 5) is 2.38. The smallest absolute Gasteiger partial charge is 0.0669 e. The Kier molecular flexibility index (Phi) is 5.39. The van der Waals surface area contributed by atoms with Crippen molar-refractivity contribution in [3.8, 4) is 6.07 Å². The Bertz CT molecular complexity index is 481. The van der Waals surface area contributed by atoms with Gasteiger partial charge in [-0.3, -0.25) is 4.90 Å². The van der Waals surface area contributed by atoms with Crippen LogP contribution in [-0.4, -0.2) is 28.7 Å². The summed E-state index contributed by atoms with van der Waals surface area (Å²) in [6.45, 7) is 6.63. The largest absolute Gasteiger partial charge is 0.390 e. The molecule has 1 saturated heterocycles. The van der Waals surface area contributed by atoms with Gasteiger partial charge in [0.15, 0.2) is 0 Å². The summed E-state index contributed by atoms with van der Waals surface area (Å²) in [6.07, 6.45) is 3.86. The van der Waals surface area contributed by atoms with Crippen molar-refractivity contribution in [2.24, 2.45) is 5.92 Å². The van der Waals surface area contributed by atoms with Gasteiger partial charge in [0.2, 0.25) is 0 Å². The van der Waals surface area contributed by atoms with Crippen molar-refractivity contribution in [3.63, 3.8) is 0 Å². The quantitative estimate of drug-likeness (QED) is 0.904. The fraction of sp³-hybridized carbons (Fsp3) is 0.611. The monoisotopic (exact) mass is 286 g/mol. The van der Waals surface area contributed by atoms with Crippen LogP contribution in [0.5, 0.6) is 0 Å². The highest BCUT2D eigenvalue weighted by Crippen LogP contribution is 2.19. The lowest BCUT2D eigenvalue weighted by molar-refractivity contribution is 0.0714. The minimum atomic E-state index is -0.598. The standard InChI is InChI=1S/C18H26N2O/c1-18(2,21)10-9-15-5-7-16(8-6-15)13-20-11-3-4-17(12-19)14-20/h5-8,17,21H,3-4,9-11,13-14H2,1-2H3/t17-/m1/s1. The van der Waals surface area contributed by atoms with Gasteiger partial charge in [-0.25, -0.2) is 0 Å². The highest BCUT2D eigenvalue weighted by Gasteiger charge is 2.19. The number of hydrogen-bond donors (Lipinski definition) is 1. The molecular weight excluding hydrogens is 260 g/mol. The zero-order chi connectivity index (χ0) is 15.3. The number of nitrogens with zero attached hydrogens (tertiary/aromatic N) is 2. The number of nitriles is 1. The van der Waals surface area contributed by atoms with Crippen molar-refractivity contribution in [2.75, 3.05) is 13.1 Å². The lowest BCUT2D eigenvalue weighted by atomic mass is 9.97. The third-order valence-electron chi connectivity index (χ3n) is 4.14. The van der Waals surface area contributed by atoms with Crippen LogP contribution in [0, 0.1) is 17.2 Å². The van der Waals surface area contributed by atoms with E-state index in [1.165, 1.54) is 11.1 Å². The molecule has 0 spiro atoms. The molecular formula is C18H26N2O. The van der Waals surface area contributed by atoms with E-state index in [9.17, 15) is 5.11 Å². The maximum atomic E-state index is 9.77. The Balaban J connectivity index is 1.86. The lowest BCUT2D eigenvalue weighted by Gasteiger charge is -2.29. The Hall–Kier alpha value is -1.37. The first-order chi connectivity index (χ1) is 9.96. The fourth-order valence-corrected chi connectivity index (χ4v) is 2.82. The molecule has 1 fully saturated rings. The van der Waals surface area contributed by atoms with Gasteiger partial charge in [0.1, 0.15) is 0 Å². The average Bonchev–Trinajstić information content (AvgIpc) is 2.46. The van der Waals surface area contributed by atoms with Gasteiger partial charge >= 0.3 is 0 Å². The van der Waals surface area contributed by atoms with Crippen molar-refractivity contribution in [2.45, 2.75) is 51.7 Å². The molecule has 0 bridgehead atoms. The van der Waals surface area contributed by atoms with Crippen molar-refractivity contribution in [1.29, 1.82) is 5.26 Å². The molecule has 1 aromatic rings. The number of piperidine rings is 1. The van der Waals surface area contributed by atoms with Crippen LogP contribution in [0.2, 0.25) is 0 Å². The summed E-state index contributed by atoms with van der Waals surface area (Å²) >= 11 is 0. The van der Waals surface area contributed by atoms with E-state index in [0.29, 0.717) is 0 Å². The van der Waals surface area contributed by atoms with E-state index in [4.69, 9.17) is 5.26 Å². The maximum Gasteiger partial charge on any atom is 0.0669 e. The fourth-order valence-electron chi connectivity index (χ4n) is 2.82. The second-order valence-corrected chi connectivity index (χ2v) is 6.83. The second kappa shape index (κ2) is 7.06. The molecule has 1 aromatic carbocycles. The van der Waals surface area contributed by atoms with Crippen LogP contribution in [0.1, 0.15) is 44.2 Å². The number of aliphatic hydroxyl groups is 1. The van der Waals surface area contributed by atoms with Crippen LogP contribution >= 0.6 is 0 Å². The van der Waals surface area contributed by atoms with Crippen LogP contribution in [0.25, 0.3) is 0 Å². The van der Waals surface area contributed by atoms with Crippen LogP contribution in [0.3, 0.4) is 0 Å². The van der Waals surface area contributed by atoms with E-state index in [-0.39, 0.29) is 5.92 Å². The molecule has 1 aliphatic rings. The summed E-state index contributed by atoms with van der Waals surface area (Å²) in [7, 11) is 0. The SMILES string of the molecule is CC(C)(O)CCc1ccc(CN2CCC[C@H](C#N)C2)cc1. The first-order valence-corrected chi connectivity index (χ1v) is 7.88. The Labute approximate surface area is 128 Å². The molecule has 1 aliphatic heterocycles. The number of benzene rings is 1. The van der Waals surface area contributed by atoms with E-state index in [1.54, 1.807) is 0 Å². The molecule has 114 valence electrons. The summed E-state index contributed by atoms with van der Waals surface area (Å²) in [6, 6.07) is 11.1. The van der Waals surface area contributed by atoms with Crippen LogP contribution in [0.4, 0.5) is 0 Å². The van der Waals surface area contributed by atoms with Crippen LogP contribution in [0.15, 0.2) is 24.3 Å². The topological polar surface area (TPSA) is 47.3 Å². The third-order valence-corrected chi connectivity index (χ3v) is 4.14. The summed E-state index contributed by atoms with van der Waals surface area (Å²) in [5, 5.41) is 18.8. The third kappa shape index (κ3) is 5.49. The van der Waals surface area contributed by atoms with Gasteiger partial charge in [0.05, 0.1) is 17.6 Å². The molecule has 0 amide bonds. The highest BCUT2D eigenvalue weighted by molar-refractivity contribution is 5.23. The molecule has 3 nitrogen and oxygen atoms in total. The van der Waals surface area contributed by atoms with E-state index in [0.717, 1.165) is 45.3 Å². The zero-order valence-electron chi connectivity index (χ0n) is 13.2. The van der Waals surface area contributed by atoms with Gasteiger partial charge in [-0.05, 0) is 57.2 Å². The van der Waals surface area contributed by atoms with Gasteiger partial charge < -0.3 is 5.11 Å². The molecule has 0 radical (unpaired) electrons. The first-order valence-electron chi connectivity index (χ1n) is 7.88. The van der Waals surface area contributed by atoms with Gasteiger partial charge in [-0.1, -0.05) is 24.3 Å². The van der Waals surface area contributed by atoms with Gasteiger partial charge in [0, 0.05) is 13.1 Å². The number of likely N-dealkylation sites (tertiary alicyclic amines) is 1. The molecule has 3 heteroatoms. The molecule has 0 aromatic heterocycles. The predicted octanol–water partition coefficient (Wildman–Crippen LogP) is 3.13. The van der Waals surface area contributed by atoms with Crippen LogP contribution in [-0.2, 0) is 13.0 Å². The molecule has 2 rings (SSSR count).